The van der Waals surface area contributed by atoms with Gasteiger partial charge in [0.15, 0.2) is 13.2 Å². The van der Waals surface area contributed by atoms with Crippen molar-refractivity contribution in [2.75, 3.05) is 13.2 Å². The highest BCUT2D eigenvalue weighted by atomic mass is 79.9. The normalized spacial score (nSPS) is 10.2. The monoisotopic (exact) mass is 337 g/mol. The number of primary amides is 1. The van der Waals surface area contributed by atoms with E-state index in [1.807, 2.05) is 30.3 Å². The lowest BCUT2D eigenvalue weighted by molar-refractivity contribution is -0.149. The third-order valence-corrected chi connectivity index (χ3v) is 3.37. The summed E-state index contributed by atoms with van der Waals surface area (Å²) in [6.45, 7) is -0.731. The Kier molecular flexibility index (Phi) is 4.57. The molecule has 104 valence electrons. The summed E-state index contributed by atoms with van der Waals surface area (Å²) >= 11 is 3.44. The van der Waals surface area contributed by atoms with E-state index < -0.39 is 18.5 Å². The minimum absolute atomic E-state index is 0.287. The zero-order valence-electron chi connectivity index (χ0n) is 10.5. The number of fused-ring (bicyclic) bond motifs is 1. The molecule has 0 atom stereocenters. The van der Waals surface area contributed by atoms with Crippen molar-refractivity contribution in [2.24, 2.45) is 5.73 Å². The molecule has 6 heteroatoms. The molecule has 2 rings (SSSR count). The molecule has 0 fully saturated rings. The number of esters is 1. The van der Waals surface area contributed by atoms with E-state index in [0.29, 0.717) is 5.75 Å². The first-order valence-electron chi connectivity index (χ1n) is 5.82. The third kappa shape index (κ3) is 3.48. The fourth-order valence-corrected chi connectivity index (χ4v) is 2.26. The number of amides is 1. The van der Waals surface area contributed by atoms with Gasteiger partial charge in [0.2, 0.25) is 0 Å². The van der Waals surface area contributed by atoms with Crippen LogP contribution in [0.15, 0.2) is 40.9 Å². The number of rotatable bonds is 5. The Bertz CT molecular complexity index is 657. The Morgan fingerprint density at radius 3 is 2.60 bits per heavy atom. The smallest absolute Gasteiger partial charge is 0.344 e. The largest absolute Gasteiger partial charge is 0.481 e. The predicted octanol–water partition coefficient (Wildman–Crippen LogP) is 2.01. The molecular weight excluding hydrogens is 326 g/mol. The molecule has 0 saturated carbocycles. The van der Waals surface area contributed by atoms with Crippen molar-refractivity contribution in [3.8, 4) is 5.75 Å². The molecule has 0 bridgehead atoms. The molecule has 0 radical (unpaired) electrons. The number of hydrogen-bond acceptors (Lipinski definition) is 4. The van der Waals surface area contributed by atoms with Crippen molar-refractivity contribution in [3.63, 3.8) is 0 Å². The summed E-state index contributed by atoms with van der Waals surface area (Å²) in [4.78, 5) is 21.8. The average molecular weight is 338 g/mol. The standard InChI is InChI=1S/C14H12BrNO4/c15-14-10-4-2-1-3-9(10)5-6-11(14)19-8-13(18)20-7-12(16)17/h1-6H,7-8H2,(H2,16,17). The predicted molar refractivity (Wildman–Crippen MR) is 77.3 cm³/mol. The van der Waals surface area contributed by atoms with Crippen molar-refractivity contribution in [1.29, 1.82) is 0 Å². The molecule has 2 N–H and O–H groups in total. The average Bonchev–Trinajstić information content (AvgIpc) is 2.44. The van der Waals surface area contributed by atoms with E-state index >= 15 is 0 Å². The highest BCUT2D eigenvalue weighted by Gasteiger charge is 2.10. The van der Waals surface area contributed by atoms with Crippen LogP contribution in [-0.2, 0) is 14.3 Å². The summed E-state index contributed by atoms with van der Waals surface area (Å²) in [6, 6.07) is 11.4. The van der Waals surface area contributed by atoms with E-state index in [1.54, 1.807) is 6.07 Å². The maximum Gasteiger partial charge on any atom is 0.344 e. The van der Waals surface area contributed by atoms with Gasteiger partial charge in [-0.1, -0.05) is 30.3 Å². The second kappa shape index (κ2) is 6.38. The molecule has 0 aliphatic carbocycles. The van der Waals surface area contributed by atoms with Gasteiger partial charge in [0.25, 0.3) is 5.91 Å². The van der Waals surface area contributed by atoms with Crippen molar-refractivity contribution in [2.45, 2.75) is 0 Å². The molecule has 0 spiro atoms. The molecule has 0 aromatic heterocycles. The molecule has 0 unspecified atom stereocenters. The van der Waals surface area contributed by atoms with E-state index in [-0.39, 0.29) is 6.61 Å². The molecule has 0 aliphatic heterocycles. The Morgan fingerprint density at radius 1 is 1.10 bits per heavy atom. The summed E-state index contributed by atoms with van der Waals surface area (Å²) in [5.74, 6) is -0.825. The van der Waals surface area contributed by atoms with Crippen LogP contribution in [0, 0.1) is 0 Å². The van der Waals surface area contributed by atoms with Gasteiger partial charge in [-0.05, 0) is 32.8 Å². The Balaban J connectivity index is 2.05. The van der Waals surface area contributed by atoms with Crippen LogP contribution < -0.4 is 10.5 Å². The summed E-state index contributed by atoms with van der Waals surface area (Å²) in [6.07, 6.45) is 0. The first-order valence-corrected chi connectivity index (χ1v) is 6.61. The van der Waals surface area contributed by atoms with Gasteiger partial charge in [0.1, 0.15) is 5.75 Å². The van der Waals surface area contributed by atoms with E-state index in [0.717, 1.165) is 15.2 Å². The molecular formula is C14H12BrNO4. The molecule has 2 aromatic carbocycles. The van der Waals surface area contributed by atoms with Gasteiger partial charge in [-0.2, -0.15) is 0 Å². The van der Waals surface area contributed by atoms with E-state index in [2.05, 4.69) is 20.7 Å². The lowest BCUT2D eigenvalue weighted by Gasteiger charge is -2.09. The summed E-state index contributed by atoms with van der Waals surface area (Å²) in [5, 5.41) is 2.04. The number of halogens is 1. The third-order valence-electron chi connectivity index (χ3n) is 2.55. The summed E-state index contributed by atoms with van der Waals surface area (Å²) in [5.41, 5.74) is 4.87. The van der Waals surface area contributed by atoms with Crippen molar-refractivity contribution in [1.82, 2.24) is 0 Å². The van der Waals surface area contributed by atoms with Gasteiger partial charge in [-0.15, -0.1) is 0 Å². The maximum absolute atomic E-state index is 11.3. The summed E-state index contributed by atoms with van der Waals surface area (Å²) < 4.78 is 10.7. The zero-order chi connectivity index (χ0) is 14.5. The minimum atomic E-state index is -0.703. The number of carbonyl (C=O) groups is 2. The highest BCUT2D eigenvalue weighted by Crippen LogP contribution is 2.32. The number of ether oxygens (including phenoxy) is 2. The van der Waals surface area contributed by atoms with Crippen LogP contribution in [0.2, 0.25) is 0 Å². The van der Waals surface area contributed by atoms with Gasteiger partial charge in [0.05, 0.1) is 4.47 Å². The van der Waals surface area contributed by atoms with Gasteiger partial charge in [-0.25, -0.2) is 4.79 Å². The van der Waals surface area contributed by atoms with Crippen LogP contribution in [0.25, 0.3) is 10.8 Å². The second-order valence-corrected chi connectivity index (χ2v) is 4.81. The van der Waals surface area contributed by atoms with Crippen molar-refractivity contribution < 1.29 is 19.1 Å². The van der Waals surface area contributed by atoms with Crippen molar-refractivity contribution >= 4 is 38.6 Å². The molecule has 20 heavy (non-hydrogen) atoms. The first kappa shape index (κ1) is 14.3. The van der Waals surface area contributed by atoms with Gasteiger partial charge in [-0.3, -0.25) is 4.79 Å². The van der Waals surface area contributed by atoms with E-state index in [1.165, 1.54) is 0 Å². The topological polar surface area (TPSA) is 78.6 Å². The quantitative estimate of drug-likeness (QED) is 0.846. The fourth-order valence-electron chi connectivity index (χ4n) is 1.66. The van der Waals surface area contributed by atoms with Crippen molar-refractivity contribution in [3.05, 3.63) is 40.9 Å². The highest BCUT2D eigenvalue weighted by molar-refractivity contribution is 9.10. The fraction of sp³-hybridized carbons (Fsp3) is 0.143. The van der Waals surface area contributed by atoms with Crippen LogP contribution in [0.4, 0.5) is 0 Å². The zero-order valence-corrected chi connectivity index (χ0v) is 12.1. The van der Waals surface area contributed by atoms with Crippen LogP contribution in [0.1, 0.15) is 0 Å². The Morgan fingerprint density at radius 2 is 1.85 bits per heavy atom. The molecule has 5 nitrogen and oxygen atoms in total. The minimum Gasteiger partial charge on any atom is -0.481 e. The Labute approximate surface area is 123 Å². The number of nitrogens with two attached hydrogens (primary N) is 1. The van der Waals surface area contributed by atoms with Crippen LogP contribution in [0.3, 0.4) is 0 Å². The first-order chi connectivity index (χ1) is 9.58. The van der Waals surface area contributed by atoms with Gasteiger partial charge >= 0.3 is 5.97 Å². The Hall–Kier alpha value is -2.08. The maximum atomic E-state index is 11.3. The van der Waals surface area contributed by atoms with Crippen LogP contribution in [0.5, 0.6) is 5.75 Å². The van der Waals surface area contributed by atoms with Gasteiger partial charge < -0.3 is 15.2 Å². The number of hydrogen-bond donors (Lipinski definition) is 1. The van der Waals surface area contributed by atoms with Gasteiger partial charge in [0, 0.05) is 0 Å². The number of carbonyl (C=O) groups excluding carboxylic acids is 2. The second-order valence-electron chi connectivity index (χ2n) is 4.01. The van der Waals surface area contributed by atoms with Crippen LogP contribution in [-0.4, -0.2) is 25.1 Å². The molecule has 0 aliphatic rings. The molecule has 2 aromatic rings. The molecule has 1 amide bonds. The number of benzene rings is 2. The molecule has 0 heterocycles. The SMILES string of the molecule is NC(=O)COC(=O)COc1ccc2ccccc2c1Br. The summed E-state index contributed by atoms with van der Waals surface area (Å²) in [7, 11) is 0. The molecule has 0 saturated heterocycles. The lowest BCUT2D eigenvalue weighted by atomic mass is 10.1. The van der Waals surface area contributed by atoms with E-state index in [9.17, 15) is 9.59 Å². The van der Waals surface area contributed by atoms with Crippen LogP contribution >= 0.6 is 15.9 Å². The lowest BCUT2D eigenvalue weighted by Crippen LogP contribution is -2.23. The van der Waals surface area contributed by atoms with E-state index in [4.69, 9.17) is 10.5 Å².